The van der Waals surface area contributed by atoms with Crippen LogP contribution in [0, 0.1) is 13.8 Å². The normalized spacial score (nSPS) is 5.56. The molecule has 0 aliphatic carbocycles. The molecule has 0 N–H and O–H groups in total. The average Bonchev–Trinajstić information content (AvgIpc) is 1.25. The Kier molecular flexibility index (Phi) is 19.7. The van der Waals surface area contributed by atoms with E-state index in [2.05, 4.69) is 13.8 Å². The van der Waals surface area contributed by atoms with Gasteiger partial charge in [-0.15, -0.1) is 0 Å². The number of hydrogen-bond donors (Lipinski definition) is 0. The second-order valence-corrected chi connectivity index (χ2v) is 1.40. The molecular weight excluding hydrogens is 193 g/mol. The van der Waals surface area contributed by atoms with Crippen LogP contribution >= 0.6 is 0 Å². The summed E-state index contributed by atoms with van der Waals surface area (Å²) in [4.78, 5) is 18.7. The van der Waals surface area contributed by atoms with Crippen LogP contribution in [-0.2, 0) is 42.3 Å². The monoisotopic (exact) mass is 203 g/mol. The first-order valence-electron chi connectivity index (χ1n) is 2.12. The Morgan fingerprint density at radius 1 is 1.00 bits per heavy atom. The summed E-state index contributed by atoms with van der Waals surface area (Å²) in [7, 11) is 0. The molecule has 2 nitrogen and oxygen atoms in total. The van der Waals surface area contributed by atoms with Gasteiger partial charge in [0.2, 0.25) is 0 Å². The van der Waals surface area contributed by atoms with Crippen LogP contribution in [0.2, 0.25) is 0 Å². The Bertz CT molecular complexity index is 69.1. The summed E-state index contributed by atoms with van der Waals surface area (Å²) in [5.41, 5.74) is 0. The van der Waals surface area contributed by atoms with Gasteiger partial charge >= 0.3 is 32.7 Å². The molecule has 3 heteroatoms. The average molecular weight is 203 g/mol. The van der Waals surface area contributed by atoms with E-state index in [4.69, 9.17) is 0 Å². The summed E-state index contributed by atoms with van der Waals surface area (Å²) in [6, 6.07) is 0. The third-order valence-corrected chi connectivity index (χ3v) is 0. The van der Waals surface area contributed by atoms with Gasteiger partial charge in [0, 0.05) is 0 Å². The molecule has 0 aliphatic rings. The Labute approximate surface area is 81.3 Å². The van der Waals surface area contributed by atoms with E-state index in [1.54, 1.807) is 0 Å². The fourth-order valence-corrected chi connectivity index (χ4v) is 0. The Morgan fingerprint density at radius 2 is 1.00 bits per heavy atom. The molecule has 0 bridgehead atoms. The van der Waals surface area contributed by atoms with Crippen LogP contribution in [0.25, 0.3) is 0 Å². The SMILES string of the molecule is [CH2-]C(C)=O.[CH2-]C(C)=O.[Y+3]. The molecule has 0 rings (SSSR count). The minimum atomic E-state index is -0.0833. The van der Waals surface area contributed by atoms with E-state index in [0.717, 1.165) is 0 Å². The van der Waals surface area contributed by atoms with Gasteiger partial charge in [0.1, 0.15) is 0 Å². The van der Waals surface area contributed by atoms with Crippen molar-refractivity contribution in [3.05, 3.63) is 13.8 Å². The zero-order valence-corrected chi connectivity index (χ0v) is 8.65. The van der Waals surface area contributed by atoms with Crippen LogP contribution in [0.15, 0.2) is 0 Å². The summed E-state index contributed by atoms with van der Waals surface area (Å²) < 4.78 is 0. The van der Waals surface area contributed by atoms with E-state index in [0.29, 0.717) is 0 Å². The van der Waals surface area contributed by atoms with Crippen molar-refractivity contribution >= 4 is 11.6 Å². The number of Topliss-reactive ketones (excluding diaryl/α,β-unsaturated/α-hetero) is 2. The van der Waals surface area contributed by atoms with E-state index in [1.807, 2.05) is 0 Å². The number of carbonyl (C=O) groups excluding carboxylic acids is 2. The van der Waals surface area contributed by atoms with Crippen molar-refractivity contribution in [2.24, 2.45) is 0 Å². The third kappa shape index (κ3) is 9250. The van der Waals surface area contributed by atoms with Crippen LogP contribution < -0.4 is 0 Å². The van der Waals surface area contributed by atoms with E-state index in [9.17, 15) is 9.59 Å². The summed E-state index contributed by atoms with van der Waals surface area (Å²) in [6.45, 7) is 8.83. The molecule has 0 fully saturated rings. The Balaban J connectivity index is -0.0000000720. The zero-order valence-electron chi connectivity index (χ0n) is 5.81. The van der Waals surface area contributed by atoms with Crippen molar-refractivity contribution in [2.45, 2.75) is 13.8 Å². The molecular formula is C6H10O2Y+. The molecule has 0 atom stereocenters. The van der Waals surface area contributed by atoms with Gasteiger partial charge in [-0.05, 0) is 25.4 Å². The number of rotatable bonds is 0. The van der Waals surface area contributed by atoms with Gasteiger partial charge in [-0.3, -0.25) is 0 Å². The maximum atomic E-state index is 9.33. The van der Waals surface area contributed by atoms with Gasteiger partial charge in [-0.1, -0.05) is 0 Å². The first-order chi connectivity index (χ1) is 3.46. The van der Waals surface area contributed by atoms with Crippen LogP contribution in [0.3, 0.4) is 0 Å². The van der Waals surface area contributed by atoms with Gasteiger partial charge in [0.15, 0.2) is 0 Å². The topological polar surface area (TPSA) is 34.1 Å². The molecule has 0 aromatic rings. The van der Waals surface area contributed by atoms with E-state index < -0.39 is 0 Å². The smallest absolute Gasteiger partial charge is 0.340 e. The first kappa shape index (κ1) is 16.1. The summed E-state index contributed by atoms with van der Waals surface area (Å²) >= 11 is 0. The molecule has 9 heavy (non-hydrogen) atoms. The van der Waals surface area contributed by atoms with E-state index >= 15 is 0 Å². The van der Waals surface area contributed by atoms with Crippen LogP contribution in [-0.4, -0.2) is 11.6 Å². The van der Waals surface area contributed by atoms with Crippen molar-refractivity contribution in [1.29, 1.82) is 0 Å². The number of hydrogen-bond acceptors (Lipinski definition) is 2. The quantitative estimate of drug-likeness (QED) is 0.546. The van der Waals surface area contributed by atoms with E-state index in [1.165, 1.54) is 13.8 Å². The zero-order chi connectivity index (χ0) is 7.15. The van der Waals surface area contributed by atoms with Crippen LogP contribution in [0.1, 0.15) is 13.8 Å². The molecule has 0 saturated heterocycles. The molecule has 0 amide bonds. The third-order valence-electron chi connectivity index (χ3n) is 0. The standard InChI is InChI=1S/2C3H5O.Y/c2*1-3(2)4;/h2*1H2,2H3;/q2*-1;+3. The van der Waals surface area contributed by atoms with Gasteiger partial charge in [0.25, 0.3) is 0 Å². The maximum absolute atomic E-state index is 9.33. The Hall–Kier alpha value is 0.184. The largest absolute Gasteiger partial charge is 3.00 e. The Morgan fingerprint density at radius 3 is 1.00 bits per heavy atom. The van der Waals surface area contributed by atoms with Gasteiger partial charge < -0.3 is 23.4 Å². The van der Waals surface area contributed by atoms with Gasteiger partial charge in [-0.25, -0.2) is 0 Å². The second kappa shape index (κ2) is 11.0. The predicted molar refractivity (Wildman–Crippen MR) is 32.1 cm³/mol. The van der Waals surface area contributed by atoms with Crippen molar-refractivity contribution in [3.63, 3.8) is 0 Å². The minimum Gasteiger partial charge on any atom is -0.340 e. The minimum absolute atomic E-state index is 0. The molecule has 0 radical (unpaired) electrons. The van der Waals surface area contributed by atoms with Crippen molar-refractivity contribution in [3.8, 4) is 0 Å². The second-order valence-electron chi connectivity index (χ2n) is 1.40. The number of carbonyl (C=O) groups is 2. The summed E-state index contributed by atoms with van der Waals surface area (Å²) in [6.07, 6.45) is 0. The fourth-order valence-electron chi connectivity index (χ4n) is 0. The maximum Gasteiger partial charge on any atom is 3.00 e. The summed E-state index contributed by atoms with van der Waals surface area (Å²) in [5.74, 6) is -0.167. The molecule has 0 unspecified atom stereocenters. The molecule has 48 valence electrons. The van der Waals surface area contributed by atoms with Crippen LogP contribution in [0.5, 0.6) is 0 Å². The van der Waals surface area contributed by atoms with E-state index in [-0.39, 0.29) is 44.3 Å². The molecule has 0 aromatic heterocycles. The molecule has 0 spiro atoms. The molecule has 0 saturated carbocycles. The molecule has 0 aliphatic heterocycles. The van der Waals surface area contributed by atoms with Crippen molar-refractivity contribution in [1.82, 2.24) is 0 Å². The van der Waals surface area contributed by atoms with Gasteiger partial charge in [0.05, 0.1) is 0 Å². The molecule has 0 heterocycles. The van der Waals surface area contributed by atoms with Crippen molar-refractivity contribution < 1.29 is 42.3 Å². The molecule has 0 aromatic carbocycles. The van der Waals surface area contributed by atoms with Crippen molar-refractivity contribution in [2.75, 3.05) is 0 Å². The summed E-state index contributed by atoms with van der Waals surface area (Å²) in [5, 5.41) is 0. The van der Waals surface area contributed by atoms with Gasteiger partial charge in [-0.2, -0.15) is 0 Å². The number of ketones is 2. The first-order valence-corrected chi connectivity index (χ1v) is 2.12. The van der Waals surface area contributed by atoms with Crippen LogP contribution in [0.4, 0.5) is 0 Å². The predicted octanol–water partition coefficient (Wildman–Crippen LogP) is 0.816. The fraction of sp³-hybridized carbons (Fsp3) is 0.333.